The van der Waals surface area contributed by atoms with Crippen molar-refractivity contribution in [2.45, 2.75) is 19.8 Å². The largest absolute Gasteiger partial charge is 0.439 e. The SMILES string of the molecule is C=Cc1ccc2c(C(C)C)nc(=O)oc2c1NC. The van der Waals surface area contributed by atoms with Crippen LogP contribution in [0, 0.1) is 0 Å². The van der Waals surface area contributed by atoms with Crippen molar-refractivity contribution in [3.63, 3.8) is 0 Å². The molecule has 18 heavy (non-hydrogen) atoms. The van der Waals surface area contributed by atoms with Crippen molar-refractivity contribution in [1.29, 1.82) is 0 Å². The summed E-state index contributed by atoms with van der Waals surface area (Å²) >= 11 is 0. The second-order valence-electron chi connectivity index (χ2n) is 4.38. The standard InChI is InChI=1S/C14H16N2O2/c1-5-9-6-7-10-11(8(2)3)16-14(17)18-13(10)12(9)15-4/h5-8,15H,1H2,2-4H3. The van der Waals surface area contributed by atoms with Gasteiger partial charge in [0.15, 0.2) is 5.58 Å². The molecular weight excluding hydrogens is 228 g/mol. The minimum absolute atomic E-state index is 0.163. The van der Waals surface area contributed by atoms with Crippen molar-refractivity contribution in [1.82, 2.24) is 4.98 Å². The van der Waals surface area contributed by atoms with Gasteiger partial charge in [0.1, 0.15) is 0 Å². The molecule has 0 spiro atoms. The van der Waals surface area contributed by atoms with Crippen LogP contribution in [-0.2, 0) is 0 Å². The fourth-order valence-corrected chi connectivity index (χ4v) is 2.04. The molecule has 0 atom stereocenters. The van der Waals surface area contributed by atoms with E-state index in [1.165, 1.54) is 0 Å². The molecule has 0 amide bonds. The zero-order valence-corrected chi connectivity index (χ0v) is 10.8. The van der Waals surface area contributed by atoms with Gasteiger partial charge in [0, 0.05) is 18.0 Å². The highest BCUT2D eigenvalue weighted by atomic mass is 16.4. The molecule has 2 rings (SSSR count). The molecule has 2 aromatic rings. The van der Waals surface area contributed by atoms with Gasteiger partial charge in [-0.2, -0.15) is 4.98 Å². The van der Waals surface area contributed by atoms with E-state index < -0.39 is 5.76 Å². The third-order valence-corrected chi connectivity index (χ3v) is 2.88. The molecule has 0 saturated carbocycles. The van der Waals surface area contributed by atoms with Gasteiger partial charge < -0.3 is 9.73 Å². The molecule has 1 aromatic heterocycles. The highest BCUT2D eigenvalue weighted by molar-refractivity contribution is 5.94. The molecule has 1 N–H and O–H groups in total. The molecule has 0 saturated heterocycles. The van der Waals surface area contributed by atoms with Gasteiger partial charge in [-0.1, -0.05) is 32.6 Å². The topological polar surface area (TPSA) is 55.1 Å². The summed E-state index contributed by atoms with van der Waals surface area (Å²) in [6, 6.07) is 3.85. The predicted octanol–water partition coefficient (Wildman–Crippen LogP) is 3.00. The van der Waals surface area contributed by atoms with Gasteiger partial charge in [-0.05, 0) is 12.0 Å². The van der Waals surface area contributed by atoms with Crippen molar-refractivity contribution in [3.8, 4) is 0 Å². The average molecular weight is 244 g/mol. The number of anilines is 1. The maximum atomic E-state index is 11.5. The summed E-state index contributed by atoms with van der Waals surface area (Å²) in [7, 11) is 1.79. The summed E-state index contributed by atoms with van der Waals surface area (Å²) in [6.07, 6.45) is 1.72. The number of nitrogens with zero attached hydrogens (tertiary/aromatic N) is 1. The lowest BCUT2D eigenvalue weighted by molar-refractivity contribution is 0.524. The maximum absolute atomic E-state index is 11.5. The highest BCUT2D eigenvalue weighted by Gasteiger charge is 2.14. The third kappa shape index (κ3) is 1.90. The number of hydrogen-bond donors (Lipinski definition) is 1. The van der Waals surface area contributed by atoms with Gasteiger partial charge in [-0.15, -0.1) is 0 Å². The van der Waals surface area contributed by atoms with Crippen LogP contribution in [0.15, 0.2) is 27.9 Å². The smallest absolute Gasteiger partial charge is 0.406 e. The van der Waals surface area contributed by atoms with Crippen LogP contribution in [0.3, 0.4) is 0 Å². The number of hydrogen-bond acceptors (Lipinski definition) is 4. The van der Waals surface area contributed by atoms with Crippen LogP contribution < -0.4 is 11.1 Å². The number of rotatable bonds is 3. The van der Waals surface area contributed by atoms with Crippen LogP contribution in [-0.4, -0.2) is 12.0 Å². The van der Waals surface area contributed by atoms with E-state index >= 15 is 0 Å². The van der Waals surface area contributed by atoms with Gasteiger partial charge >= 0.3 is 5.76 Å². The molecular formula is C14H16N2O2. The number of fused-ring (bicyclic) bond motifs is 1. The monoisotopic (exact) mass is 244 g/mol. The van der Waals surface area contributed by atoms with Crippen LogP contribution in [0.2, 0.25) is 0 Å². The molecule has 0 fully saturated rings. The number of benzene rings is 1. The Bertz CT molecular complexity index is 657. The van der Waals surface area contributed by atoms with Gasteiger partial charge in [0.2, 0.25) is 0 Å². The van der Waals surface area contributed by atoms with E-state index in [9.17, 15) is 4.79 Å². The van der Waals surface area contributed by atoms with E-state index in [-0.39, 0.29) is 5.92 Å². The Morgan fingerprint density at radius 1 is 1.44 bits per heavy atom. The Labute approximate surface area is 105 Å². The van der Waals surface area contributed by atoms with Crippen LogP contribution in [0.4, 0.5) is 5.69 Å². The minimum atomic E-state index is -0.566. The van der Waals surface area contributed by atoms with Crippen molar-refractivity contribution < 1.29 is 4.42 Å². The quantitative estimate of drug-likeness (QED) is 0.901. The van der Waals surface area contributed by atoms with Gasteiger partial charge in [-0.25, -0.2) is 4.79 Å². The molecule has 0 bridgehead atoms. The van der Waals surface area contributed by atoms with E-state index in [0.717, 1.165) is 22.3 Å². The summed E-state index contributed by atoms with van der Waals surface area (Å²) in [4.78, 5) is 15.5. The van der Waals surface area contributed by atoms with E-state index in [1.807, 2.05) is 26.0 Å². The minimum Gasteiger partial charge on any atom is -0.406 e. The first-order chi connectivity index (χ1) is 8.58. The molecule has 1 heterocycles. The summed E-state index contributed by atoms with van der Waals surface area (Å²) in [6.45, 7) is 7.75. The third-order valence-electron chi connectivity index (χ3n) is 2.88. The van der Waals surface area contributed by atoms with Crippen LogP contribution in [0.5, 0.6) is 0 Å². The van der Waals surface area contributed by atoms with Crippen molar-refractivity contribution in [2.75, 3.05) is 12.4 Å². The summed E-state index contributed by atoms with van der Waals surface area (Å²) in [5, 5.41) is 3.91. The lowest BCUT2D eigenvalue weighted by Crippen LogP contribution is -2.10. The lowest BCUT2D eigenvalue weighted by Gasteiger charge is -2.12. The molecule has 94 valence electrons. The zero-order valence-electron chi connectivity index (χ0n) is 10.8. The van der Waals surface area contributed by atoms with Gasteiger partial charge in [-0.3, -0.25) is 0 Å². The first kappa shape index (κ1) is 12.4. The molecule has 0 aliphatic carbocycles. The summed E-state index contributed by atoms with van der Waals surface area (Å²) < 4.78 is 5.24. The Balaban J connectivity index is 2.94. The van der Waals surface area contributed by atoms with Crippen molar-refractivity contribution in [3.05, 3.63) is 40.5 Å². The Hall–Kier alpha value is -2.10. The second-order valence-corrected chi connectivity index (χ2v) is 4.38. The number of nitrogens with one attached hydrogen (secondary N) is 1. The van der Waals surface area contributed by atoms with Gasteiger partial charge in [0.05, 0.1) is 11.4 Å². The molecule has 4 nitrogen and oxygen atoms in total. The van der Waals surface area contributed by atoms with E-state index in [0.29, 0.717) is 5.58 Å². The lowest BCUT2D eigenvalue weighted by atomic mass is 10.0. The molecule has 4 heteroatoms. The van der Waals surface area contributed by atoms with Gasteiger partial charge in [0.25, 0.3) is 0 Å². The van der Waals surface area contributed by atoms with E-state index in [1.54, 1.807) is 13.1 Å². The Morgan fingerprint density at radius 2 is 2.17 bits per heavy atom. The maximum Gasteiger partial charge on any atom is 0.439 e. The number of aromatic nitrogens is 1. The van der Waals surface area contributed by atoms with Crippen LogP contribution in [0.25, 0.3) is 17.0 Å². The fraction of sp³-hybridized carbons (Fsp3) is 0.286. The van der Waals surface area contributed by atoms with E-state index in [2.05, 4.69) is 16.9 Å². The van der Waals surface area contributed by atoms with Crippen molar-refractivity contribution in [2.24, 2.45) is 0 Å². The second kappa shape index (κ2) is 4.64. The summed E-state index contributed by atoms with van der Waals surface area (Å²) in [5.41, 5.74) is 2.96. The first-order valence-electron chi connectivity index (χ1n) is 5.86. The molecule has 0 radical (unpaired) electrons. The Morgan fingerprint density at radius 3 is 2.72 bits per heavy atom. The Kier molecular flexibility index (Phi) is 3.19. The summed E-state index contributed by atoms with van der Waals surface area (Å²) in [5.74, 6) is -0.403. The molecule has 0 unspecified atom stereocenters. The molecule has 1 aromatic carbocycles. The highest BCUT2D eigenvalue weighted by Crippen LogP contribution is 2.30. The van der Waals surface area contributed by atoms with Crippen molar-refractivity contribution >= 4 is 22.7 Å². The van der Waals surface area contributed by atoms with E-state index in [4.69, 9.17) is 4.42 Å². The zero-order chi connectivity index (χ0) is 13.3. The van der Waals surface area contributed by atoms with Crippen LogP contribution in [0.1, 0.15) is 31.0 Å². The molecule has 0 aliphatic rings. The predicted molar refractivity (Wildman–Crippen MR) is 74.0 cm³/mol. The average Bonchev–Trinajstić information content (AvgIpc) is 2.35. The normalized spacial score (nSPS) is 10.9. The first-order valence-corrected chi connectivity index (χ1v) is 5.86. The fourth-order valence-electron chi connectivity index (χ4n) is 2.04. The molecule has 0 aliphatic heterocycles. The van der Waals surface area contributed by atoms with Crippen LogP contribution >= 0.6 is 0 Å².